The number of anilines is 1. The lowest BCUT2D eigenvalue weighted by Gasteiger charge is -2.11. The number of rotatable bonds is 5. The van der Waals surface area contributed by atoms with E-state index in [9.17, 15) is 4.79 Å². The molecule has 0 bridgehead atoms. The van der Waals surface area contributed by atoms with Crippen molar-refractivity contribution in [1.29, 1.82) is 0 Å². The highest BCUT2D eigenvalue weighted by atomic mass is 79.9. The normalized spacial score (nSPS) is 12.2. The molecule has 1 N–H and O–H groups in total. The SMILES string of the molecule is CCC(C)c1ccc2oc(-c3ccc(Cl)c(NC(=O)c4cccc5c(Br)cccc45)c3)nc2c1. The molecule has 1 amide bonds. The van der Waals surface area contributed by atoms with Crippen molar-refractivity contribution in [3.05, 3.63) is 93.4 Å². The van der Waals surface area contributed by atoms with Gasteiger partial charge in [0, 0.05) is 15.6 Å². The van der Waals surface area contributed by atoms with Gasteiger partial charge in [0.15, 0.2) is 5.58 Å². The molecule has 5 aromatic rings. The Balaban J connectivity index is 1.48. The molecule has 4 nitrogen and oxygen atoms in total. The van der Waals surface area contributed by atoms with E-state index in [1.165, 1.54) is 5.56 Å². The largest absolute Gasteiger partial charge is 0.436 e. The number of amides is 1. The van der Waals surface area contributed by atoms with E-state index in [1.54, 1.807) is 18.2 Å². The summed E-state index contributed by atoms with van der Waals surface area (Å²) in [6.07, 6.45) is 1.06. The maximum Gasteiger partial charge on any atom is 0.256 e. The Kier molecular flexibility index (Phi) is 6.15. The summed E-state index contributed by atoms with van der Waals surface area (Å²) in [5.41, 5.74) is 4.58. The molecule has 6 heteroatoms. The number of fused-ring (bicyclic) bond motifs is 2. The summed E-state index contributed by atoms with van der Waals surface area (Å²) in [5.74, 6) is 0.702. The van der Waals surface area contributed by atoms with Gasteiger partial charge in [-0.05, 0) is 71.1 Å². The van der Waals surface area contributed by atoms with E-state index in [1.807, 2.05) is 42.5 Å². The number of nitrogens with zero attached hydrogens (tertiary/aromatic N) is 1. The van der Waals surface area contributed by atoms with E-state index in [0.29, 0.717) is 28.1 Å². The van der Waals surface area contributed by atoms with Crippen molar-refractivity contribution in [2.45, 2.75) is 26.2 Å². The first-order valence-corrected chi connectivity index (χ1v) is 12.3. The quantitative estimate of drug-likeness (QED) is 0.245. The predicted octanol–water partition coefficient (Wildman–Crippen LogP) is 8.83. The molecule has 1 atom stereocenters. The van der Waals surface area contributed by atoms with Gasteiger partial charge >= 0.3 is 0 Å². The Morgan fingerprint density at radius 2 is 1.85 bits per heavy atom. The van der Waals surface area contributed by atoms with Crippen molar-refractivity contribution < 1.29 is 9.21 Å². The molecule has 0 aliphatic rings. The molecule has 0 saturated heterocycles. The minimum atomic E-state index is -0.237. The van der Waals surface area contributed by atoms with Crippen LogP contribution in [0.4, 0.5) is 5.69 Å². The molecule has 34 heavy (non-hydrogen) atoms. The number of hydrogen-bond donors (Lipinski definition) is 1. The van der Waals surface area contributed by atoms with Crippen LogP contribution >= 0.6 is 27.5 Å². The highest BCUT2D eigenvalue weighted by Crippen LogP contribution is 2.33. The minimum Gasteiger partial charge on any atom is -0.436 e. The van der Waals surface area contributed by atoms with Gasteiger partial charge in [-0.3, -0.25) is 4.79 Å². The Morgan fingerprint density at radius 1 is 1.06 bits per heavy atom. The van der Waals surface area contributed by atoms with Gasteiger partial charge in [0.25, 0.3) is 5.91 Å². The molecule has 5 rings (SSSR count). The fraction of sp³-hybridized carbons (Fsp3) is 0.143. The maximum absolute atomic E-state index is 13.2. The van der Waals surface area contributed by atoms with E-state index in [0.717, 1.165) is 38.3 Å². The number of carbonyl (C=O) groups is 1. The number of carbonyl (C=O) groups excluding carboxylic acids is 1. The van der Waals surface area contributed by atoms with Crippen molar-refractivity contribution in [1.82, 2.24) is 4.98 Å². The third kappa shape index (κ3) is 4.22. The molecule has 1 aromatic heterocycles. The van der Waals surface area contributed by atoms with Crippen LogP contribution in [0.2, 0.25) is 5.02 Å². The summed E-state index contributed by atoms with van der Waals surface area (Å²) in [6.45, 7) is 4.37. The first-order valence-electron chi connectivity index (χ1n) is 11.1. The number of benzene rings is 4. The number of oxazole rings is 1. The first kappa shape index (κ1) is 22.6. The summed E-state index contributed by atoms with van der Waals surface area (Å²) >= 11 is 9.99. The molecule has 0 saturated carbocycles. The highest BCUT2D eigenvalue weighted by molar-refractivity contribution is 9.10. The zero-order valence-corrected chi connectivity index (χ0v) is 21.1. The highest BCUT2D eigenvalue weighted by Gasteiger charge is 2.16. The minimum absolute atomic E-state index is 0.237. The summed E-state index contributed by atoms with van der Waals surface area (Å²) < 4.78 is 6.94. The van der Waals surface area contributed by atoms with Crippen molar-refractivity contribution in [3.8, 4) is 11.5 Å². The summed E-state index contributed by atoms with van der Waals surface area (Å²) in [5, 5.41) is 5.23. The van der Waals surface area contributed by atoms with Crippen molar-refractivity contribution in [2.24, 2.45) is 0 Å². The van der Waals surface area contributed by atoms with Crippen LogP contribution in [0.5, 0.6) is 0 Å². The second-order valence-electron chi connectivity index (χ2n) is 8.34. The molecule has 4 aromatic carbocycles. The first-order chi connectivity index (χ1) is 16.4. The van der Waals surface area contributed by atoms with Crippen LogP contribution in [0.25, 0.3) is 33.3 Å². The lowest BCUT2D eigenvalue weighted by molar-refractivity contribution is 0.102. The third-order valence-electron chi connectivity index (χ3n) is 6.17. The average Bonchev–Trinajstić information content (AvgIpc) is 3.28. The van der Waals surface area contributed by atoms with Crippen molar-refractivity contribution >= 4 is 61.0 Å². The zero-order valence-electron chi connectivity index (χ0n) is 18.7. The topological polar surface area (TPSA) is 55.1 Å². The molecule has 0 aliphatic carbocycles. The van der Waals surface area contributed by atoms with Gasteiger partial charge in [-0.2, -0.15) is 0 Å². The van der Waals surface area contributed by atoms with E-state index < -0.39 is 0 Å². The zero-order chi connectivity index (χ0) is 23.8. The third-order valence-corrected chi connectivity index (χ3v) is 7.19. The van der Waals surface area contributed by atoms with E-state index >= 15 is 0 Å². The van der Waals surface area contributed by atoms with Crippen LogP contribution in [0.1, 0.15) is 42.1 Å². The van der Waals surface area contributed by atoms with Gasteiger partial charge in [0.1, 0.15) is 5.52 Å². The Bertz CT molecular complexity index is 1540. The second-order valence-corrected chi connectivity index (χ2v) is 9.61. The molecule has 0 spiro atoms. The fourth-order valence-electron chi connectivity index (χ4n) is 4.02. The number of nitrogens with one attached hydrogen (secondary N) is 1. The van der Waals surface area contributed by atoms with E-state index in [4.69, 9.17) is 21.0 Å². The molecule has 0 radical (unpaired) electrons. The van der Waals surface area contributed by atoms with Crippen molar-refractivity contribution in [3.63, 3.8) is 0 Å². The summed E-state index contributed by atoms with van der Waals surface area (Å²) in [4.78, 5) is 17.9. The lowest BCUT2D eigenvalue weighted by atomic mass is 9.98. The van der Waals surface area contributed by atoms with Crippen LogP contribution in [-0.2, 0) is 0 Å². The molecule has 170 valence electrons. The lowest BCUT2D eigenvalue weighted by Crippen LogP contribution is -2.12. The van der Waals surface area contributed by atoms with E-state index in [-0.39, 0.29) is 5.91 Å². The Labute approximate surface area is 211 Å². The number of hydrogen-bond acceptors (Lipinski definition) is 3. The monoisotopic (exact) mass is 532 g/mol. The molecule has 0 fully saturated rings. The molecule has 1 heterocycles. The predicted molar refractivity (Wildman–Crippen MR) is 143 cm³/mol. The van der Waals surface area contributed by atoms with Gasteiger partial charge < -0.3 is 9.73 Å². The number of halogens is 2. The van der Waals surface area contributed by atoms with Crippen LogP contribution in [0.15, 0.2) is 81.7 Å². The Morgan fingerprint density at radius 3 is 2.68 bits per heavy atom. The van der Waals surface area contributed by atoms with Crippen LogP contribution in [0.3, 0.4) is 0 Å². The second kappa shape index (κ2) is 9.24. The molecular formula is C28H22BrClN2O2. The van der Waals surface area contributed by atoms with Crippen LogP contribution in [-0.4, -0.2) is 10.9 Å². The van der Waals surface area contributed by atoms with Gasteiger partial charge in [-0.15, -0.1) is 0 Å². The average molecular weight is 534 g/mol. The van der Waals surface area contributed by atoms with Crippen LogP contribution in [0, 0.1) is 0 Å². The summed E-state index contributed by atoms with van der Waals surface area (Å²) in [7, 11) is 0. The van der Waals surface area contributed by atoms with Gasteiger partial charge in [0.05, 0.1) is 10.7 Å². The van der Waals surface area contributed by atoms with Crippen molar-refractivity contribution in [2.75, 3.05) is 5.32 Å². The maximum atomic E-state index is 13.2. The molecule has 1 unspecified atom stereocenters. The van der Waals surface area contributed by atoms with Gasteiger partial charge in [-0.1, -0.05) is 71.7 Å². The Hall–Kier alpha value is -3.15. The molecular weight excluding hydrogens is 512 g/mol. The van der Waals surface area contributed by atoms with E-state index in [2.05, 4.69) is 47.2 Å². The van der Waals surface area contributed by atoms with Crippen LogP contribution < -0.4 is 5.32 Å². The fourth-order valence-corrected chi connectivity index (χ4v) is 4.69. The number of aromatic nitrogens is 1. The summed E-state index contributed by atoms with van der Waals surface area (Å²) in [6, 6.07) is 22.9. The standard InChI is InChI=1S/C28H22BrClN2O2/c1-3-16(2)17-11-13-26-25(14-17)32-28(34-26)18-10-12-23(30)24(15-18)31-27(33)21-8-4-7-20-19(21)6-5-9-22(20)29/h4-16H,3H2,1-2H3,(H,31,33). The van der Waals surface area contributed by atoms with Gasteiger partial charge in [0.2, 0.25) is 5.89 Å². The smallest absolute Gasteiger partial charge is 0.256 e. The van der Waals surface area contributed by atoms with Gasteiger partial charge in [-0.25, -0.2) is 4.98 Å². The molecule has 0 aliphatic heterocycles.